The van der Waals surface area contributed by atoms with Gasteiger partial charge >= 0.3 is 5.97 Å². The van der Waals surface area contributed by atoms with Crippen molar-refractivity contribution in [3.63, 3.8) is 0 Å². The molecule has 1 fully saturated rings. The average molecular weight is 513 g/mol. The van der Waals surface area contributed by atoms with Gasteiger partial charge in [-0.2, -0.15) is 4.31 Å². The Morgan fingerprint density at radius 1 is 1.06 bits per heavy atom. The van der Waals surface area contributed by atoms with Crippen LogP contribution in [-0.2, 0) is 10.0 Å². The van der Waals surface area contributed by atoms with Gasteiger partial charge in [0.25, 0.3) is 0 Å². The number of anilines is 2. The van der Waals surface area contributed by atoms with Crippen LogP contribution in [-0.4, -0.2) is 48.5 Å². The number of fused-ring (bicyclic) bond motifs is 1. The summed E-state index contributed by atoms with van der Waals surface area (Å²) < 4.78 is 29.3. The van der Waals surface area contributed by atoms with Gasteiger partial charge in [-0.05, 0) is 60.7 Å². The van der Waals surface area contributed by atoms with Crippen LogP contribution < -0.4 is 4.90 Å². The zero-order valence-corrected chi connectivity index (χ0v) is 20.6. The number of aromatic carboxylic acids is 1. The highest BCUT2D eigenvalue weighted by molar-refractivity contribution is 7.89. The maximum atomic E-state index is 13.9. The lowest BCUT2D eigenvalue weighted by atomic mass is 9.79. The highest BCUT2D eigenvalue weighted by Crippen LogP contribution is 2.45. The normalized spacial score (nSPS) is 20.1. The number of hydrogen-bond acceptors (Lipinski definition) is 5. The van der Waals surface area contributed by atoms with Crippen LogP contribution in [0.4, 0.5) is 11.4 Å². The van der Waals surface area contributed by atoms with Gasteiger partial charge < -0.3 is 15.1 Å². The van der Waals surface area contributed by atoms with Crippen molar-refractivity contribution in [2.45, 2.75) is 30.2 Å². The lowest BCUT2D eigenvalue weighted by Gasteiger charge is -2.39. The lowest BCUT2D eigenvalue weighted by molar-refractivity contribution is 0.0693. The zero-order valence-electron chi connectivity index (χ0n) is 19.1. The molecule has 0 spiro atoms. The van der Waals surface area contributed by atoms with Crippen molar-refractivity contribution in [1.82, 2.24) is 4.31 Å². The van der Waals surface area contributed by atoms with E-state index in [0.29, 0.717) is 23.4 Å². The molecule has 2 aliphatic rings. The van der Waals surface area contributed by atoms with Crippen LogP contribution in [0.15, 0.2) is 65.6 Å². The molecule has 0 unspecified atom stereocenters. The smallest absolute Gasteiger partial charge is 0.339 e. The third-order valence-corrected chi connectivity index (χ3v) is 9.36. The SMILES string of the molecule is CN1[C@H](C2CCC2)CN(c2ccccc2)c2cc(Cl)c(-c3ccc(O)c(C(=O)O)c3)cc2S1(=O)=O. The summed E-state index contributed by atoms with van der Waals surface area (Å²) in [6.45, 7) is 0.495. The molecule has 1 aliphatic heterocycles. The standard InChI is InChI=1S/C26H25ClN2O5S/c1-28-23(16-6-5-7-16)15-29(18-8-3-2-4-9-18)22-14-21(27)19(13-25(22)35(28,33)34)17-10-11-24(30)20(12-17)26(31)32/h2-4,8-14,16,23,30H,5-7,15H2,1H3,(H,31,32)/t23-/m0/s1. The van der Waals surface area contributed by atoms with E-state index in [1.165, 1.54) is 28.6 Å². The third-order valence-electron chi connectivity index (χ3n) is 7.13. The first kappa shape index (κ1) is 23.7. The van der Waals surface area contributed by atoms with Crippen molar-refractivity contribution in [2.75, 3.05) is 18.5 Å². The topological polar surface area (TPSA) is 98.2 Å². The first-order chi connectivity index (χ1) is 16.7. The fraction of sp³-hybridized carbons (Fsp3) is 0.269. The second-order valence-electron chi connectivity index (χ2n) is 9.06. The molecule has 7 nitrogen and oxygen atoms in total. The minimum absolute atomic E-state index is 0.107. The maximum absolute atomic E-state index is 13.9. The molecule has 1 aliphatic carbocycles. The molecular formula is C26H25ClN2O5S. The molecule has 1 heterocycles. The summed E-state index contributed by atoms with van der Waals surface area (Å²) in [6.07, 6.45) is 3.07. The fourth-order valence-corrected chi connectivity index (χ4v) is 6.79. The number of para-hydroxylation sites is 1. The molecule has 1 atom stereocenters. The summed E-state index contributed by atoms with van der Waals surface area (Å²) in [4.78, 5) is 13.7. The van der Waals surface area contributed by atoms with Crippen molar-refractivity contribution >= 4 is 39.0 Å². The summed E-state index contributed by atoms with van der Waals surface area (Å²) in [5.41, 5.74) is 1.84. The Bertz CT molecular complexity index is 1410. The van der Waals surface area contributed by atoms with E-state index in [4.69, 9.17) is 11.6 Å². The number of benzene rings is 3. The van der Waals surface area contributed by atoms with Gasteiger partial charge in [-0.15, -0.1) is 0 Å². The highest BCUT2D eigenvalue weighted by atomic mass is 35.5. The van der Waals surface area contributed by atoms with E-state index in [1.54, 1.807) is 13.1 Å². The number of rotatable bonds is 4. The second-order valence-corrected chi connectivity index (χ2v) is 11.4. The molecule has 0 radical (unpaired) electrons. The number of halogens is 1. The monoisotopic (exact) mass is 512 g/mol. The van der Waals surface area contributed by atoms with Gasteiger partial charge in [0, 0.05) is 30.9 Å². The van der Waals surface area contributed by atoms with Crippen LogP contribution in [0.1, 0.15) is 29.6 Å². The summed E-state index contributed by atoms with van der Waals surface area (Å²) in [5, 5.41) is 19.6. The first-order valence-electron chi connectivity index (χ1n) is 11.4. The number of hydrogen-bond donors (Lipinski definition) is 2. The molecule has 2 N–H and O–H groups in total. The Kier molecular flexibility index (Phi) is 5.99. The van der Waals surface area contributed by atoms with Crippen LogP contribution in [0.3, 0.4) is 0 Å². The lowest BCUT2D eigenvalue weighted by Crippen LogP contribution is -2.47. The summed E-state index contributed by atoms with van der Waals surface area (Å²) in [7, 11) is -2.25. The van der Waals surface area contributed by atoms with Crippen LogP contribution in [0.2, 0.25) is 5.02 Å². The van der Waals surface area contributed by atoms with E-state index < -0.39 is 16.0 Å². The van der Waals surface area contributed by atoms with E-state index in [-0.39, 0.29) is 33.2 Å². The molecule has 182 valence electrons. The van der Waals surface area contributed by atoms with Crippen molar-refractivity contribution in [2.24, 2.45) is 5.92 Å². The number of aromatic hydroxyl groups is 1. The third kappa shape index (κ3) is 4.05. The number of phenols is 1. The number of carbonyl (C=O) groups is 1. The molecule has 5 rings (SSSR count). The van der Waals surface area contributed by atoms with Gasteiger partial charge in [-0.1, -0.05) is 42.3 Å². The molecule has 9 heteroatoms. The van der Waals surface area contributed by atoms with Gasteiger partial charge in [-0.3, -0.25) is 0 Å². The number of sulfonamides is 1. The van der Waals surface area contributed by atoms with Crippen LogP contribution in [0.25, 0.3) is 11.1 Å². The first-order valence-corrected chi connectivity index (χ1v) is 13.2. The predicted octanol–water partition coefficient (Wildman–Crippen LogP) is 5.35. The van der Waals surface area contributed by atoms with Crippen molar-refractivity contribution in [3.8, 4) is 16.9 Å². The predicted molar refractivity (Wildman–Crippen MR) is 135 cm³/mol. The Morgan fingerprint density at radius 3 is 2.40 bits per heavy atom. The summed E-state index contributed by atoms with van der Waals surface area (Å²) in [6, 6.07) is 16.7. The quantitative estimate of drug-likeness (QED) is 0.489. The fourth-order valence-electron chi connectivity index (χ4n) is 4.91. The largest absolute Gasteiger partial charge is 0.507 e. The van der Waals surface area contributed by atoms with Gasteiger partial charge in [0.05, 0.1) is 10.7 Å². The number of carboxylic acids is 1. The molecular weight excluding hydrogens is 488 g/mol. The molecule has 0 saturated heterocycles. The van der Waals surface area contributed by atoms with E-state index in [2.05, 4.69) is 0 Å². The zero-order chi connectivity index (χ0) is 24.9. The molecule has 0 amide bonds. The minimum Gasteiger partial charge on any atom is -0.507 e. The van der Waals surface area contributed by atoms with Crippen molar-refractivity contribution in [3.05, 3.63) is 71.2 Å². The van der Waals surface area contributed by atoms with Crippen LogP contribution in [0.5, 0.6) is 5.75 Å². The Balaban J connectivity index is 1.73. The van der Waals surface area contributed by atoms with E-state index >= 15 is 0 Å². The van der Waals surface area contributed by atoms with Gasteiger partial charge in [0.1, 0.15) is 16.2 Å². The average Bonchev–Trinajstić information content (AvgIpc) is 2.87. The highest BCUT2D eigenvalue weighted by Gasteiger charge is 2.42. The molecule has 3 aromatic carbocycles. The number of likely N-dealkylation sites (N-methyl/N-ethyl adjacent to an activating group) is 1. The van der Waals surface area contributed by atoms with Gasteiger partial charge in [-0.25, -0.2) is 13.2 Å². The molecule has 1 saturated carbocycles. The number of carboxylic acid groups (broad SMARTS) is 1. The van der Waals surface area contributed by atoms with E-state index in [0.717, 1.165) is 24.9 Å². The number of nitrogens with zero attached hydrogens (tertiary/aromatic N) is 2. The second kappa shape index (κ2) is 8.86. The van der Waals surface area contributed by atoms with E-state index in [9.17, 15) is 23.4 Å². The Labute approximate surface area is 209 Å². The van der Waals surface area contributed by atoms with Gasteiger partial charge in [0.15, 0.2) is 0 Å². The molecule has 0 bridgehead atoms. The van der Waals surface area contributed by atoms with Crippen LogP contribution in [0, 0.1) is 5.92 Å². The van der Waals surface area contributed by atoms with Crippen molar-refractivity contribution in [1.29, 1.82) is 0 Å². The molecule has 35 heavy (non-hydrogen) atoms. The molecule has 0 aromatic heterocycles. The van der Waals surface area contributed by atoms with E-state index in [1.807, 2.05) is 35.2 Å². The van der Waals surface area contributed by atoms with Gasteiger partial charge in [0.2, 0.25) is 10.0 Å². The summed E-state index contributed by atoms with van der Waals surface area (Å²) in [5.74, 6) is -1.39. The Morgan fingerprint density at radius 2 is 1.77 bits per heavy atom. The van der Waals surface area contributed by atoms with Crippen LogP contribution >= 0.6 is 11.6 Å². The van der Waals surface area contributed by atoms with Crippen molar-refractivity contribution < 1.29 is 23.4 Å². The maximum Gasteiger partial charge on any atom is 0.339 e. The Hall–Kier alpha value is -3.07. The summed E-state index contributed by atoms with van der Waals surface area (Å²) >= 11 is 6.70. The molecule has 3 aromatic rings. The minimum atomic E-state index is -3.88.